The van der Waals surface area contributed by atoms with Crippen molar-refractivity contribution < 1.29 is 14.3 Å². The fourth-order valence-electron chi connectivity index (χ4n) is 0.730. The highest BCUT2D eigenvalue weighted by Crippen LogP contribution is 2.22. The van der Waals surface area contributed by atoms with E-state index >= 15 is 0 Å². The van der Waals surface area contributed by atoms with Crippen molar-refractivity contribution in [3.05, 3.63) is 28.0 Å². The first-order valence-electron chi connectivity index (χ1n) is 3.00. The van der Waals surface area contributed by atoms with Crippen LogP contribution in [0, 0.1) is 5.82 Å². The molecule has 0 radical (unpaired) electrons. The van der Waals surface area contributed by atoms with Gasteiger partial charge in [-0.15, -0.1) is 0 Å². The number of nitrogen functional groups attached to an aromatic ring is 1. The van der Waals surface area contributed by atoms with E-state index in [1.165, 1.54) is 0 Å². The van der Waals surface area contributed by atoms with Crippen molar-refractivity contribution in [1.29, 1.82) is 0 Å². The Kier molecular flexibility index (Phi) is 2.32. The lowest BCUT2D eigenvalue weighted by Gasteiger charge is -2.01. The fourth-order valence-corrected chi connectivity index (χ4v) is 1.21. The van der Waals surface area contributed by atoms with Crippen LogP contribution in [0.5, 0.6) is 0 Å². The largest absolute Gasteiger partial charge is 0.478 e. The summed E-state index contributed by atoms with van der Waals surface area (Å²) in [6.07, 6.45) is 0. The Labute approximate surface area is 76.1 Å². The summed E-state index contributed by atoms with van der Waals surface area (Å²) in [5.41, 5.74) is 4.95. The van der Waals surface area contributed by atoms with Gasteiger partial charge in [-0.25, -0.2) is 9.18 Å². The van der Waals surface area contributed by atoms with E-state index in [0.717, 1.165) is 12.1 Å². The van der Waals surface area contributed by atoms with E-state index in [2.05, 4.69) is 15.9 Å². The van der Waals surface area contributed by atoms with E-state index in [-0.39, 0.29) is 15.7 Å². The summed E-state index contributed by atoms with van der Waals surface area (Å²) in [5, 5.41) is 8.57. The van der Waals surface area contributed by atoms with E-state index in [1.54, 1.807) is 0 Å². The molecule has 3 nitrogen and oxygen atoms in total. The number of aromatic carboxylic acids is 1. The average Bonchev–Trinajstić information content (AvgIpc) is 1.96. The molecule has 1 aromatic carbocycles. The number of hydrogen-bond acceptors (Lipinski definition) is 2. The second-order valence-corrected chi connectivity index (χ2v) is 3.01. The Hall–Kier alpha value is -1.10. The lowest BCUT2D eigenvalue weighted by Crippen LogP contribution is -2.01. The summed E-state index contributed by atoms with van der Waals surface area (Å²) < 4.78 is 12.9. The van der Waals surface area contributed by atoms with Gasteiger partial charge >= 0.3 is 5.97 Å². The third kappa shape index (κ3) is 1.55. The Morgan fingerprint density at radius 3 is 2.67 bits per heavy atom. The number of rotatable bonds is 1. The third-order valence-electron chi connectivity index (χ3n) is 1.32. The van der Waals surface area contributed by atoms with Gasteiger partial charge in [0, 0.05) is 4.47 Å². The molecular formula is C7H5BrFNO2. The maximum atomic E-state index is 12.7. The van der Waals surface area contributed by atoms with Crippen LogP contribution < -0.4 is 5.73 Å². The molecule has 0 heterocycles. The first-order valence-corrected chi connectivity index (χ1v) is 3.79. The van der Waals surface area contributed by atoms with Gasteiger partial charge in [-0.3, -0.25) is 0 Å². The fraction of sp³-hybridized carbons (Fsp3) is 0. The Balaban J connectivity index is 3.33. The minimum Gasteiger partial charge on any atom is -0.478 e. The molecule has 0 aliphatic carbocycles. The molecule has 0 aliphatic rings. The van der Waals surface area contributed by atoms with Crippen molar-refractivity contribution >= 4 is 27.6 Å². The normalized spacial score (nSPS) is 9.83. The lowest BCUT2D eigenvalue weighted by atomic mass is 10.2. The number of hydrogen-bond donors (Lipinski definition) is 2. The molecule has 1 aromatic rings. The molecule has 0 unspecified atom stereocenters. The van der Waals surface area contributed by atoms with Crippen LogP contribution in [0.2, 0.25) is 0 Å². The van der Waals surface area contributed by atoms with Crippen LogP contribution in [0.25, 0.3) is 0 Å². The van der Waals surface area contributed by atoms with Gasteiger partial charge in [-0.1, -0.05) is 0 Å². The van der Waals surface area contributed by atoms with Gasteiger partial charge < -0.3 is 10.8 Å². The van der Waals surface area contributed by atoms with Crippen molar-refractivity contribution in [2.45, 2.75) is 0 Å². The van der Waals surface area contributed by atoms with Gasteiger partial charge in [0.05, 0.1) is 11.3 Å². The molecule has 64 valence electrons. The van der Waals surface area contributed by atoms with Crippen LogP contribution in [-0.2, 0) is 0 Å². The zero-order valence-corrected chi connectivity index (χ0v) is 7.43. The summed E-state index contributed by atoms with van der Waals surface area (Å²) in [4.78, 5) is 10.5. The van der Waals surface area contributed by atoms with Crippen molar-refractivity contribution in [3.63, 3.8) is 0 Å². The maximum Gasteiger partial charge on any atom is 0.336 e. The van der Waals surface area contributed by atoms with E-state index < -0.39 is 11.8 Å². The number of carboxylic acids is 1. The first-order chi connectivity index (χ1) is 5.52. The number of anilines is 1. The highest BCUT2D eigenvalue weighted by atomic mass is 79.9. The smallest absolute Gasteiger partial charge is 0.336 e. The summed E-state index contributed by atoms with van der Waals surface area (Å²) in [5.74, 6) is -1.78. The molecule has 3 N–H and O–H groups in total. The SMILES string of the molecule is Nc1cc(C(=O)O)c(Br)cc1F. The molecule has 0 amide bonds. The van der Waals surface area contributed by atoms with Gasteiger partial charge in [0.2, 0.25) is 0 Å². The zero-order valence-electron chi connectivity index (χ0n) is 5.84. The van der Waals surface area contributed by atoms with Gasteiger partial charge in [-0.2, -0.15) is 0 Å². The van der Waals surface area contributed by atoms with Crippen molar-refractivity contribution in [2.75, 3.05) is 5.73 Å². The Morgan fingerprint density at radius 2 is 2.17 bits per heavy atom. The van der Waals surface area contributed by atoms with Gasteiger partial charge in [0.25, 0.3) is 0 Å². The molecule has 0 spiro atoms. The van der Waals surface area contributed by atoms with Crippen molar-refractivity contribution in [1.82, 2.24) is 0 Å². The number of halogens is 2. The van der Waals surface area contributed by atoms with E-state index in [9.17, 15) is 9.18 Å². The second-order valence-electron chi connectivity index (χ2n) is 2.16. The first kappa shape index (κ1) is 8.99. The quantitative estimate of drug-likeness (QED) is 0.729. The van der Waals surface area contributed by atoms with Crippen LogP contribution >= 0.6 is 15.9 Å². The number of carbonyl (C=O) groups is 1. The summed E-state index contributed by atoms with van der Waals surface area (Å²) >= 11 is 2.91. The predicted molar refractivity (Wildman–Crippen MR) is 45.5 cm³/mol. The molecule has 0 aliphatic heterocycles. The minimum absolute atomic E-state index is 0.0473. The molecule has 0 aromatic heterocycles. The molecule has 0 saturated heterocycles. The van der Waals surface area contributed by atoms with Gasteiger partial charge in [0.1, 0.15) is 5.82 Å². The van der Waals surface area contributed by atoms with Crippen LogP contribution in [0.15, 0.2) is 16.6 Å². The van der Waals surface area contributed by atoms with Crippen LogP contribution in [0.4, 0.5) is 10.1 Å². The highest BCUT2D eigenvalue weighted by Gasteiger charge is 2.11. The molecule has 1 rings (SSSR count). The molecule has 12 heavy (non-hydrogen) atoms. The molecule has 0 atom stereocenters. The molecule has 0 saturated carbocycles. The van der Waals surface area contributed by atoms with Gasteiger partial charge in [-0.05, 0) is 28.1 Å². The predicted octanol–water partition coefficient (Wildman–Crippen LogP) is 1.87. The summed E-state index contributed by atoms with van der Waals surface area (Å²) in [6.45, 7) is 0. The zero-order chi connectivity index (χ0) is 9.30. The van der Waals surface area contributed by atoms with E-state index in [1.807, 2.05) is 0 Å². The molecular weight excluding hydrogens is 229 g/mol. The van der Waals surface area contributed by atoms with Crippen LogP contribution in [0.3, 0.4) is 0 Å². The molecule has 5 heteroatoms. The van der Waals surface area contributed by atoms with E-state index in [4.69, 9.17) is 10.8 Å². The van der Waals surface area contributed by atoms with E-state index in [0.29, 0.717) is 0 Å². The average molecular weight is 234 g/mol. The van der Waals surface area contributed by atoms with Crippen molar-refractivity contribution in [2.24, 2.45) is 0 Å². The highest BCUT2D eigenvalue weighted by molar-refractivity contribution is 9.10. The molecule has 0 bridgehead atoms. The monoisotopic (exact) mass is 233 g/mol. The summed E-state index contributed by atoms with van der Waals surface area (Å²) in [6, 6.07) is 2.10. The standard InChI is InChI=1S/C7H5BrFNO2/c8-4-2-5(9)6(10)1-3(4)7(11)12/h1-2H,10H2,(H,11,12). The lowest BCUT2D eigenvalue weighted by molar-refractivity contribution is 0.0696. The topological polar surface area (TPSA) is 63.3 Å². The van der Waals surface area contributed by atoms with Crippen molar-refractivity contribution in [3.8, 4) is 0 Å². The maximum absolute atomic E-state index is 12.7. The van der Waals surface area contributed by atoms with Gasteiger partial charge in [0.15, 0.2) is 0 Å². The third-order valence-corrected chi connectivity index (χ3v) is 1.97. The Bertz CT molecular complexity index is 340. The van der Waals surface area contributed by atoms with Crippen LogP contribution in [0.1, 0.15) is 10.4 Å². The summed E-state index contributed by atoms with van der Waals surface area (Å²) in [7, 11) is 0. The number of carboxylic acid groups (broad SMARTS) is 1. The van der Waals surface area contributed by atoms with Crippen LogP contribution in [-0.4, -0.2) is 11.1 Å². The number of benzene rings is 1. The molecule has 0 fully saturated rings. The minimum atomic E-state index is -1.14. The number of nitrogens with two attached hydrogens (primary N) is 1. The second kappa shape index (κ2) is 3.10. The Morgan fingerprint density at radius 1 is 1.58 bits per heavy atom.